The highest BCUT2D eigenvalue weighted by atomic mass is 32.2. The first-order chi connectivity index (χ1) is 13.6. The molecule has 0 saturated heterocycles. The SMILES string of the molecule is CCc1ccccc1NC(=O)CSc1nnc(COc2cccc(C)c2C)o1. The van der Waals surface area contributed by atoms with E-state index in [1.54, 1.807) is 0 Å². The van der Waals surface area contributed by atoms with Crippen LogP contribution in [0.2, 0.25) is 0 Å². The Balaban J connectivity index is 1.50. The molecule has 3 rings (SSSR count). The number of nitrogens with zero attached hydrogens (tertiary/aromatic N) is 2. The molecule has 0 radical (unpaired) electrons. The van der Waals surface area contributed by atoms with Crippen molar-refractivity contribution in [3.05, 3.63) is 65.0 Å². The number of rotatable bonds is 8. The van der Waals surface area contributed by atoms with Crippen molar-refractivity contribution in [3.8, 4) is 5.75 Å². The van der Waals surface area contributed by atoms with Crippen LogP contribution in [0.15, 0.2) is 52.1 Å². The van der Waals surface area contributed by atoms with Crippen LogP contribution in [-0.2, 0) is 17.8 Å². The van der Waals surface area contributed by atoms with Gasteiger partial charge in [-0.05, 0) is 49.1 Å². The molecule has 1 heterocycles. The first-order valence-electron chi connectivity index (χ1n) is 9.08. The van der Waals surface area contributed by atoms with Crippen LogP contribution in [0.4, 0.5) is 5.69 Å². The maximum atomic E-state index is 12.2. The third kappa shape index (κ3) is 5.13. The van der Waals surface area contributed by atoms with Crippen LogP contribution < -0.4 is 10.1 Å². The van der Waals surface area contributed by atoms with Crippen molar-refractivity contribution >= 4 is 23.4 Å². The molecule has 0 unspecified atom stereocenters. The Kier molecular flexibility index (Phi) is 6.71. The van der Waals surface area contributed by atoms with Crippen LogP contribution >= 0.6 is 11.8 Å². The van der Waals surface area contributed by atoms with E-state index in [0.717, 1.165) is 34.5 Å². The van der Waals surface area contributed by atoms with Gasteiger partial charge in [0.1, 0.15) is 5.75 Å². The molecule has 6 nitrogen and oxygen atoms in total. The molecule has 0 bridgehead atoms. The Hall–Kier alpha value is -2.80. The van der Waals surface area contributed by atoms with Gasteiger partial charge in [0.25, 0.3) is 11.1 Å². The smallest absolute Gasteiger partial charge is 0.277 e. The molecule has 3 aromatic rings. The van der Waals surface area contributed by atoms with Crippen LogP contribution in [0.25, 0.3) is 0 Å². The number of benzene rings is 2. The summed E-state index contributed by atoms with van der Waals surface area (Å²) in [7, 11) is 0. The van der Waals surface area contributed by atoms with Gasteiger partial charge in [-0.25, -0.2) is 0 Å². The van der Waals surface area contributed by atoms with Gasteiger partial charge >= 0.3 is 0 Å². The fraction of sp³-hybridized carbons (Fsp3) is 0.286. The maximum Gasteiger partial charge on any atom is 0.277 e. The van der Waals surface area contributed by atoms with E-state index in [2.05, 4.69) is 22.4 Å². The van der Waals surface area contributed by atoms with Crippen molar-refractivity contribution in [2.45, 2.75) is 39.0 Å². The number of aromatic nitrogens is 2. The molecule has 1 N–H and O–H groups in total. The van der Waals surface area contributed by atoms with Crippen LogP contribution in [0.1, 0.15) is 29.5 Å². The lowest BCUT2D eigenvalue weighted by atomic mass is 10.1. The number of thioether (sulfide) groups is 1. The quantitative estimate of drug-likeness (QED) is 0.562. The molecule has 0 saturated carbocycles. The minimum absolute atomic E-state index is 0.114. The Morgan fingerprint density at radius 1 is 1.14 bits per heavy atom. The normalized spacial score (nSPS) is 10.7. The molecular weight excluding hydrogens is 374 g/mol. The second-order valence-corrected chi connectivity index (χ2v) is 7.22. The number of nitrogens with one attached hydrogen (secondary N) is 1. The number of ether oxygens (including phenoxy) is 1. The van der Waals surface area contributed by atoms with E-state index in [1.165, 1.54) is 11.8 Å². The summed E-state index contributed by atoms with van der Waals surface area (Å²) in [5, 5.41) is 11.2. The van der Waals surface area contributed by atoms with Gasteiger partial charge in [-0.15, -0.1) is 10.2 Å². The Morgan fingerprint density at radius 3 is 2.79 bits per heavy atom. The zero-order valence-corrected chi connectivity index (χ0v) is 17.0. The van der Waals surface area contributed by atoms with Crippen LogP contribution in [0, 0.1) is 13.8 Å². The summed E-state index contributed by atoms with van der Waals surface area (Å²) in [6.45, 7) is 6.29. The highest BCUT2D eigenvalue weighted by molar-refractivity contribution is 7.99. The number of hydrogen-bond donors (Lipinski definition) is 1. The first-order valence-corrected chi connectivity index (χ1v) is 10.1. The summed E-state index contributed by atoms with van der Waals surface area (Å²) >= 11 is 1.20. The number of carbonyl (C=O) groups is 1. The second-order valence-electron chi connectivity index (χ2n) is 6.30. The molecule has 0 atom stereocenters. The fourth-order valence-corrected chi connectivity index (χ4v) is 3.22. The standard InChI is InChI=1S/C21H23N3O3S/c1-4-16-9-5-6-10-17(16)22-19(25)13-28-21-24-23-20(27-21)12-26-18-11-7-8-14(2)15(18)3/h5-11H,4,12-13H2,1-3H3,(H,22,25). The zero-order valence-electron chi connectivity index (χ0n) is 16.2. The van der Waals surface area contributed by atoms with Crippen molar-refractivity contribution in [1.82, 2.24) is 10.2 Å². The summed E-state index contributed by atoms with van der Waals surface area (Å²) < 4.78 is 11.3. The molecule has 0 fully saturated rings. The molecule has 0 spiro atoms. The summed E-state index contributed by atoms with van der Waals surface area (Å²) in [6, 6.07) is 13.7. The van der Waals surface area contributed by atoms with Gasteiger partial charge in [-0.3, -0.25) is 4.79 Å². The van der Waals surface area contributed by atoms with Gasteiger partial charge in [0.2, 0.25) is 5.91 Å². The molecule has 1 amide bonds. The molecule has 28 heavy (non-hydrogen) atoms. The Bertz CT molecular complexity index is 956. The van der Waals surface area contributed by atoms with Crippen molar-refractivity contribution in [2.24, 2.45) is 0 Å². The predicted octanol–water partition coefficient (Wildman–Crippen LogP) is 4.56. The first kappa shape index (κ1) is 19.9. The minimum atomic E-state index is -0.114. The van der Waals surface area contributed by atoms with E-state index >= 15 is 0 Å². The van der Waals surface area contributed by atoms with E-state index in [0.29, 0.717) is 11.1 Å². The van der Waals surface area contributed by atoms with Gasteiger partial charge in [0, 0.05) is 5.69 Å². The van der Waals surface area contributed by atoms with E-state index < -0.39 is 0 Å². The topological polar surface area (TPSA) is 77.2 Å². The maximum absolute atomic E-state index is 12.2. The Labute approximate surface area is 168 Å². The zero-order chi connectivity index (χ0) is 19.9. The number of hydrogen-bond acceptors (Lipinski definition) is 6. The molecule has 0 aliphatic heterocycles. The molecule has 2 aromatic carbocycles. The molecular formula is C21H23N3O3S. The summed E-state index contributed by atoms with van der Waals surface area (Å²) in [6.07, 6.45) is 0.858. The number of anilines is 1. The summed E-state index contributed by atoms with van der Waals surface area (Å²) in [5.41, 5.74) is 4.18. The van der Waals surface area contributed by atoms with Crippen LogP contribution in [-0.4, -0.2) is 21.9 Å². The van der Waals surface area contributed by atoms with E-state index in [9.17, 15) is 4.79 Å². The minimum Gasteiger partial charge on any atom is -0.484 e. The molecule has 7 heteroatoms. The third-order valence-corrected chi connectivity index (χ3v) is 5.17. The summed E-state index contributed by atoms with van der Waals surface area (Å²) in [4.78, 5) is 12.2. The number of para-hydroxylation sites is 1. The average molecular weight is 398 g/mol. The lowest BCUT2D eigenvalue weighted by Crippen LogP contribution is -2.15. The highest BCUT2D eigenvalue weighted by Crippen LogP contribution is 2.23. The monoisotopic (exact) mass is 397 g/mol. The number of amides is 1. The van der Waals surface area contributed by atoms with Crippen LogP contribution in [0.5, 0.6) is 5.75 Å². The molecule has 1 aromatic heterocycles. The van der Waals surface area contributed by atoms with Crippen LogP contribution in [0.3, 0.4) is 0 Å². The van der Waals surface area contributed by atoms with Gasteiger partial charge < -0.3 is 14.5 Å². The lowest BCUT2D eigenvalue weighted by molar-refractivity contribution is -0.113. The average Bonchev–Trinajstić information content (AvgIpc) is 3.16. The molecule has 0 aliphatic rings. The fourth-order valence-electron chi connectivity index (χ4n) is 2.64. The van der Waals surface area contributed by atoms with Gasteiger partial charge in [-0.2, -0.15) is 0 Å². The van der Waals surface area contributed by atoms with Gasteiger partial charge in [-0.1, -0.05) is 49.0 Å². The lowest BCUT2D eigenvalue weighted by Gasteiger charge is -2.09. The summed E-state index contributed by atoms with van der Waals surface area (Å²) in [5.74, 6) is 1.25. The van der Waals surface area contributed by atoms with Crippen molar-refractivity contribution < 1.29 is 13.9 Å². The number of aryl methyl sites for hydroxylation is 2. The van der Waals surface area contributed by atoms with E-state index in [-0.39, 0.29) is 18.3 Å². The van der Waals surface area contributed by atoms with Gasteiger partial charge in [0.05, 0.1) is 5.75 Å². The number of carbonyl (C=O) groups excluding carboxylic acids is 1. The van der Waals surface area contributed by atoms with E-state index in [1.807, 2.05) is 56.3 Å². The molecule has 146 valence electrons. The molecule has 0 aliphatic carbocycles. The second kappa shape index (κ2) is 9.41. The van der Waals surface area contributed by atoms with Crippen molar-refractivity contribution in [3.63, 3.8) is 0 Å². The van der Waals surface area contributed by atoms with Crippen molar-refractivity contribution in [1.29, 1.82) is 0 Å². The largest absolute Gasteiger partial charge is 0.484 e. The van der Waals surface area contributed by atoms with Gasteiger partial charge in [0.15, 0.2) is 6.61 Å². The van der Waals surface area contributed by atoms with Crippen molar-refractivity contribution in [2.75, 3.05) is 11.1 Å². The Morgan fingerprint density at radius 2 is 1.96 bits per heavy atom. The highest BCUT2D eigenvalue weighted by Gasteiger charge is 2.12. The third-order valence-electron chi connectivity index (χ3n) is 4.35. The predicted molar refractivity (Wildman–Crippen MR) is 110 cm³/mol. The van der Waals surface area contributed by atoms with E-state index in [4.69, 9.17) is 9.15 Å².